The van der Waals surface area contributed by atoms with E-state index in [2.05, 4.69) is 66.7 Å². The summed E-state index contributed by atoms with van der Waals surface area (Å²) in [7, 11) is -0.186. The second kappa shape index (κ2) is 3.93. The molecule has 1 atom stereocenters. The lowest BCUT2D eigenvalue weighted by Crippen LogP contribution is -2.08. The Hall–Kier alpha value is -1.65. The molecule has 0 aromatic heterocycles. The van der Waals surface area contributed by atoms with E-state index in [1.54, 1.807) is 5.30 Å². The van der Waals surface area contributed by atoms with E-state index in [4.69, 9.17) is 0 Å². The Morgan fingerprint density at radius 3 is 2.33 bits per heavy atom. The van der Waals surface area contributed by atoms with Gasteiger partial charge in [0.2, 0.25) is 0 Å². The third kappa shape index (κ3) is 1.43. The predicted molar refractivity (Wildman–Crippen MR) is 80.3 cm³/mol. The van der Waals surface area contributed by atoms with Gasteiger partial charge < -0.3 is 0 Å². The largest absolute Gasteiger partial charge is 0.0622 e. The van der Waals surface area contributed by atoms with Crippen LogP contribution in [-0.4, -0.2) is 0 Å². The molecule has 0 spiro atoms. The summed E-state index contributed by atoms with van der Waals surface area (Å²) in [5.74, 6) is 0. The SMILES string of the molecule is c1ccc(P2Cc3cccc4cccc2c34)cc1. The third-order valence-corrected chi connectivity index (χ3v) is 6.19. The molecular weight excluding hydrogens is 235 g/mol. The quantitative estimate of drug-likeness (QED) is 0.575. The van der Waals surface area contributed by atoms with Crippen molar-refractivity contribution in [2.45, 2.75) is 6.16 Å². The minimum Gasteiger partial charge on any atom is -0.0622 e. The van der Waals surface area contributed by atoms with Crippen LogP contribution in [-0.2, 0) is 6.16 Å². The Morgan fingerprint density at radius 2 is 1.50 bits per heavy atom. The van der Waals surface area contributed by atoms with Gasteiger partial charge in [-0.3, -0.25) is 0 Å². The highest BCUT2D eigenvalue weighted by molar-refractivity contribution is 7.73. The fourth-order valence-electron chi connectivity index (χ4n) is 2.85. The smallest absolute Gasteiger partial charge is 0.00140 e. The second-order valence-corrected chi connectivity index (χ2v) is 6.88. The molecule has 0 saturated heterocycles. The van der Waals surface area contributed by atoms with Gasteiger partial charge in [0.05, 0.1) is 0 Å². The van der Waals surface area contributed by atoms with E-state index in [9.17, 15) is 0 Å². The number of rotatable bonds is 1. The van der Waals surface area contributed by atoms with Crippen molar-refractivity contribution in [3.05, 3.63) is 72.3 Å². The van der Waals surface area contributed by atoms with E-state index in [1.807, 2.05) is 0 Å². The lowest BCUT2D eigenvalue weighted by atomic mass is 10.1. The number of hydrogen-bond donors (Lipinski definition) is 0. The molecule has 0 nitrogen and oxygen atoms in total. The Balaban J connectivity index is 1.97. The summed E-state index contributed by atoms with van der Waals surface area (Å²) in [4.78, 5) is 0. The molecule has 0 saturated carbocycles. The fraction of sp³-hybridized carbons (Fsp3) is 0.0588. The lowest BCUT2D eigenvalue weighted by Gasteiger charge is -2.12. The average molecular weight is 248 g/mol. The first-order valence-electron chi connectivity index (χ1n) is 6.27. The van der Waals surface area contributed by atoms with E-state index >= 15 is 0 Å². The van der Waals surface area contributed by atoms with Gasteiger partial charge >= 0.3 is 0 Å². The first-order chi connectivity index (χ1) is 8.93. The topological polar surface area (TPSA) is 0 Å². The van der Waals surface area contributed by atoms with Gasteiger partial charge in [0, 0.05) is 6.16 Å². The van der Waals surface area contributed by atoms with Crippen molar-refractivity contribution in [3.63, 3.8) is 0 Å². The molecule has 86 valence electrons. The number of benzene rings is 3. The molecule has 1 heteroatoms. The monoisotopic (exact) mass is 248 g/mol. The maximum Gasteiger partial charge on any atom is 0.00140 e. The van der Waals surface area contributed by atoms with Crippen molar-refractivity contribution in [3.8, 4) is 0 Å². The van der Waals surface area contributed by atoms with Crippen molar-refractivity contribution >= 4 is 29.3 Å². The van der Waals surface area contributed by atoms with Crippen LogP contribution in [0.5, 0.6) is 0 Å². The van der Waals surface area contributed by atoms with Crippen LogP contribution < -0.4 is 10.6 Å². The summed E-state index contributed by atoms with van der Waals surface area (Å²) in [6.07, 6.45) is 1.20. The Bertz CT molecular complexity index is 711. The first kappa shape index (κ1) is 10.3. The van der Waals surface area contributed by atoms with Crippen LogP contribution in [0, 0.1) is 0 Å². The molecule has 0 bridgehead atoms. The highest BCUT2D eigenvalue weighted by atomic mass is 31.1. The zero-order chi connectivity index (χ0) is 11.9. The fourth-order valence-corrected chi connectivity index (χ4v) is 5.42. The van der Waals surface area contributed by atoms with E-state index in [-0.39, 0.29) is 7.92 Å². The van der Waals surface area contributed by atoms with Gasteiger partial charge in [-0.2, -0.15) is 0 Å². The van der Waals surface area contributed by atoms with Crippen molar-refractivity contribution in [2.24, 2.45) is 0 Å². The molecule has 1 unspecified atom stereocenters. The molecule has 1 aliphatic rings. The molecular formula is C17H13P. The minimum atomic E-state index is -0.186. The average Bonchev–Trinajstić information content (AvgIpc) is 2.82. The molecule has 3 aromatic carbocycles. The standard InChI is InChI=1S/C17H13P/c1-2-9-15(10-3-1)18-12-14-8-4-6-13-7-5-11-16(18)17(13)14/h1-11H,12H2. The Morgan fingerprint density at radius 1 is 0.722 bits per heavy atom. The van der Waals surface area contributed by atoms with Crippen molar-refractivity contribution in [1.29, 1.82) is 0 Å². The van der Waals surface area contributed by atoms with Crippen LogP contribution in [0.25, 0.3) is 10.8 Å². The van der Waals surface area contributed by atoms with E-state index in [0.717, 1.165) is 0 Å². The van der Waals surface area contributed by atoms with Gasteiger partial charge in [-0.15, -0.1) is 0 Å². The molecule has 1 heterocycles. The lowest BCUT2D eigenvalue weighted by molar-refractivity contribution is 1.48. The molecule has 0 fully saturated rings. The van der Waals surface area contributed by atoms with Gasteiger partial charge in [-0.25, -0.2) is 0 Å². The molecule has 0 amide bonds. The second-order valence-electron chi connectivity index (χ2n) is 4.71. The molecule has 1 aliphatic heterocycles. The van der Waals surface area contributed by atoms with Crippen LogP contribution in [0.4, 0.5) is 0 Å². The summed E-state index contributed by atoms with van der Waals surface area (Å²) in [5, 5.41) is 5.96. The van der Waals surface area contributed by atoms with Gasteiger partial charge in [0.1, 0.15) is 0 Å². The maximum absolute atomic E-state index is 2.32. The van der Waals surface area contributed by atoms with Gasteiger partial charge in [-0.1, -0.05) is 66.7 Å². The predicted octanol–water partition coefficient (Wildman–Crippen LogP) is 3.79. The summed E-state index contributed by atoms with van der Waals surface area (Å²) < 4.78 is 0. The minimum absolute atomic E-state index is 0.186. The van der Waals surface area contributed by atoms with Crippen LogP contribution in [0.15, 0.2) is 66.7 Å². The van der Waals surface area contributed by atoms with Gasteiger partial charge in [0.25, 0.3) is 0 Å². The van der Waals surface area contributed by atoms with E-state index in [1.165, 1.54) is 27.8 Å². The van der Waals surface area contributed by atoms with Crippen molar-refractivity contribution in [2.75, 3.05) is 0 Å². The third-order valence-electron chi connectivity index (χ3n) is 3.66. The highest BCUT2D eigenvalue weighted by Crippen LogP contribution is 2.46. The molecule has 0 aliphatic carbocycles. The summed E-state index contributed by atoms with van der Waals surface area (Å²) in [6.45, 7) is 0. The van der Waals surface area contributed by atoms with Gasteiger partial charge in [0.15, 0.2) is 0 Å². The maximum atomic E-state index is 2.32. The van der Waals surface area contributed by atoms with Crippen LogP contribution >= 0.6 is 7.92 Å². The molecule has 0 N–H and O–H groups in total. The van der Waals surface area contributed by atoms with Crippen molar-refractivity contribution < 1.29 is 0 Å². The summed E-state index contributed by atoms with van der Waals surface area (Å²) in [5.41, 5.74) is 1.53. The Labute approximate surface area is 108 Å². The zero-order valence-corrected chi connectivity index (χ0v) is 10.9. The van der Waals surface area contributed by atoms with Crippen LogP contribution in [0.1, 0.15) is 5.56 Å². The molecule has 4 rings (SSSR count). The van der Waals surface area contributed by atoms with Gasteiger partial charge in [-0.05, 0) is 34.9 Å². The normalized spacial score (nSPS) is 17.2. The molecule has 3 aromatic rings. The molecule has 18 heavy (non-hydrogen) atoms. The molecule has 0 radical (unpaired) electrons. The van der Waals surface area contributed by atoms with E-state index < -0.39 is 0 Å². The first-order valence-corrected chi connectivity index (χ1v) is 7.79. The van der Waals surface area contributed by atoms with Crippen LogP contribution in [0.3, 0.4) is 0 Å². The van der Waals surface area contributed by atoms with Crippen LogP contribution in [0.2, 0.25) is 0 Å². The highest BCUT2D eigenvalue weighted by Gasteiger charge is 2.24. The summed E-state index contributed by atoms with van der Waals surface area (Å²) in [6, 6.07) is 24.4. The number of hydrogen-bond acceptors (Lipinski definition) is 0. The Kier molecular flexibility index (Phi) is 2.25. The zero-order valence-electron chi connectivity index (χ0n) is 10.0. The van der Waals surface area contributed by atoms with E-state index in [0.29, 0.717) is 0 Å². The summed E-state index contributed by atoms with van der Waals surface area (Å²) >= 11 is 0. The van der Waals surface area contributed by atoms with Crippen molar-refractivity contribution in [1.82, 2.24) is 0 Å².